The molecule has 0 saturated carbocycles. The average molecular weight is 302 g/mol. The summed E-state index contributed by atoms with van der Waals surface area (Å²) in [6.45, 7) is 4.02. The van der Waals surface area contributed by atoms with Gasteiger partial charge in [0.2, 0.25) is 10.0 Å². The topological polar surface area (TPSA) is 76.7 Å². The Labute approximate surface area is 120 Å². The van der Waals surface area contributed by atoms with E-state index in [1.54, 1.807) is 12.1 Å². The van der Waals surface area contributed by atoms with Crippen molar-refractivity contribution in [3.8, 4) is 11.5 Å². The minimum absolute atomic E-state index is 0.0859. The fraction of sp³-hybridized carbons (Fsp3) is 0.538. The number of hydrogen-bond donors (Lipinski definition) is 2. The molecule has 0 bridgehead atoms. The molecule has 1 aromatic rings. The van der Waals surface area contributed by atoms with Gasteiger partial charge in [-0.1, -0.05) is 6.92 Å². The van der Waals surface area contributed by atoms with Gasteiger partial charge in [-0.25, -0.2) is 13.1 Å². The molecule has 6 nitrogen and oxygen atoms in total. The van der Waals surface area contributed by atoms with E-state index in [1.807, 2.05) is 6.92 Å². The highest BCUT2D eigenvalue weighted by Crippen LogP contribution is 2.27. The monoisotopic (exact) mass is 302 g/mol. The van der Waals surface area contributed by atoms with Crippen LogP contribution in [0.3, 0.4) is 0 Å². The number of benzene rings is 1. The molecule has 0 fully saturated rings. The summed E-state index contributed by atoms with van der Waals surface area (Å²) in [5.41, 5.74) is 0. The second-order valence-corrected chi connectivity index (χ2v) is 5.86. The SMILES string of the molecule is CCNCCCNS(=O)(=O)c1cc(OC)ccc1OC. The van der Waals surface area contributed by atoms with Gasteiger partial charge in [0.05, 0.1) is 14.2 Å². The Kier molecular flexibility index (Phi) is 6.77. The first-order valence-electron chi connectivity index (χ1n) is 6.47. The molecule has 1 aromatic carbocycles. The first kappa shape index (κ1) is 16.7. The van der Waals surface area contributed by atoms with Crippen LogP contribution in [-0.4, -0.2) is 42.3 Å². The Morgan fingerprint density at radius 2 is 1.90 bits per heavy atom. The highest BCUT2D eigenvalue weighted by atomic mass is 32.2. The van der Waals surface area contributed by atoms with E-state index in [4.69, 9.17) is 9.47 Å². The van der Waals surface area contributed by atoms with E-state index < -0.39 is 10.0 Å². The minimum Gasteiger partial charge on any atom is -0.497 e. The lowest BCUT2D eigenvalue weighted by Crippen LogP contribution is -2.27. The van der Waals surface area contributed by atoms with E-state index in [0.29, 0.717) is 18.0 Å². The molecule has 20 heavy (non-hydrogen) atoms. The summed E-state index contributed by atoms with van der Waals surface area (Å²) in [6, 6.07) is 4.68. The second kappa shape index (κ2) is 8.08. The Bertz CT molecular complexity index is 517. The van der Waals surface area contributed by atoms with E-state index in [0.717, 1.165) is 19.5 Å². The molecule has 1 rings (SSSR count). The number of rotatable bonds is 9. The third-order valence-electron chi connectivity index (χ3n) is 2.73. The van der Waals surface area contributed by atoms with Crippen LogP contribution in [0.2, 0.25) is 0 Å². The van der Waals surface area contributed by atoms with Crippen molar-refractivity contribution in [3.05, 3.63) is 18.2 Å². The highest BCUT2D eigenvalue weighted by Gasteiger charge is 2.19. The van der Waals surface area contributed by atoms with Crippen LogP contribution >= 0.6 is 0 Å². The van der Waals surface area contributed by atoms with Gasteiger partial charge < -0.3 is 14.8 Å². The summed E-state index contributed by atoms with van der Waals surface area (Å²) in [5.74, 6) is 0.767. The third-order valence-corrected chi connectivity index (χ3v) is 4.21. The summed E-state index contributed by atoms with van der Waals surface area (Å²) in [4.78, 5) is 0.0859. The van der Waals surface area contributed by atoms with Gasteiger partial charge in [-0.05, 0) is 31.6 Å². The number of sulfonamides is 1. The van der Waals surface area contributed by atoms with Crippen molar-refractivity contribution in [3.63, 3.8) is 0 Å². The van der Waals surface area contributed by atoms with Gasteiger partial charge in [0.1, 0.15) is 16.4 Å². The first-order valence-corrected chi connectivity index (χ1v) is 7.96. The van der Waals surface area contributed by atoms with Crippen molar-refractivity contribution in [2.75, 3.05) is 33.9 Å². The maximum Gasteiger partial charge on any atom is 0.244 e. The van der Waals surface area contributed by atoms with Crippen LogP contribution in [0.4, 0.5) is 0 Å². The zero-order chi connectivity index (χ0) is 15.0. The smallest absolute Gasteiger partial charge is 0.244 e. The normalized spacial score (nSPS) is 11.3. The lowest BCUT2D eigenvalue weighted by molar-refractivity contribution is 0.392. The van der Waals surface area contributed by atoms with Crippen molar-refractivity contribution >= 4 is 10.0 Å². The molecule has 0 aromatic heterocycles. The summed E-state index contributed by atoms with van der Waals surface area (Å²) >= 11 is 0. The first-order chi connectivity index (χ1) is 9.55. The van der Waals surface area contributed by atoms with Crippen molar-refractivity contribution < 1.29 is 17.9 Å². The molecule has 7 heteroatoms. The third kappa shape index (κ3) is 4.66. The van der Waals surface area contributed by atoms with Crippen LogP contribution in [0, 0.1) is 0 Å². The molecule has 0 spiro atoms. The van der Waals surface area contributed by atoms with Crippen molar-refractivity contribution in [1.29, 1.82) is 0 Å². The summed E-state index contributed by atoms with van der Waals surface area (Å²) in [6.07, 6.45) is 0.722. The standard InChI is InChI=1S/C13H22N2O4S/c1-4-14-8-5-9-15-20(16,17)13-10-11(18-2)6-7-12(13)19-3/h6-7,10,14-15H,4-5,8-9H2,1-3H3. The van der Waals surface area contributed by atoms with E-state index in [9.17, 15) is 8.42 Å². The molecule has 0 saturated heterocycles. The summed E-state index contributed by atoms with van der Waals surface area (Å²) < 4.78 is 37.2. The van der Waals surface area contributed by atoms with Gasteiger partial charge in [-0.3, -0.25) is 0 Å². The molecule has 0 aliphatic carbocycles. The maximum atomic E-state index is 12.2. The zero-order valence-corrected chi connectivity index (χ0v) is 12.9. The van der Waals surface area contributed by atoms with Gasteiger partial charge in [0.25, 0.3) is 0 Å². The average Bonchev–Trinajstić information content (AvgIpc) is 2.46. The van der Waals surface area contributed by atoms with Crippen LogP contribution < -0.4 is 19.5 Å². The largest absolute Gasteiger partial charge is 0.497 e. The van der Waals surface area contributed by atoms with Crippen LogP contribution in [0.5, 0.6) is 11.5 Å². The molecule has 2 N–H and O–H groups in total. The lowest BCUT2D eigenvalue weighted by Gasteiger charge is -2.12. The quantitative estimate of drug-likeness (QED) is 0.665. The van der Waals surface area contributed by atoms with Gasteiger partial charge in [0.15, 0.2) is 0 Å². The van der Waals surface area contributed by atoms with Crippen LogP contribution in [-0.2, 0) is 10.0 Å². The van der Waals surface area contributed by atoms with Crippen LogP contribution in [0.15, 0.2) is 23.1 Å². The molecular formula is C13H22N2O4S. The minimum atomic E-state index is -3.61. The zero-order valence-electron chi connectivity index (χ0n) is 12.1. The Morgan fingerprint density at radius 3 is 2.50 bits per heavy atom. The number of methoxy groups -OCH3 is 2. The fourth-order valence-electron chi connectivity index (χ4n) is 1.67. The van der Waals surface area contributed by atoms with E-state index in [1.165, 1.54) is 20.3 Å². The van der Waals surface area contributed by atoms with Crippen molar-refractivity contribution in [2.24, 2.45) is 0 Å². The predicted octanol–water partition coefficient (Wildman–Crippen LogP) is 0.982. The van der Waals surface area contributed by atoms with Gasteiger partial charge in [-0.15, -0.1) is 0 Å². The molecule has 0 atom stereocenters. The fourth-order valence-corrected chi connectivity index (χ4v) is 2.92. The van der Waals surface area contributed by atoms with Crippen molar-refractivity contribution in [2.45, 2.75) is 18.2 Å². The highest BCUT2D eigenvalue weighted by molar-refractivity contribution is 7.89. The Balaban J connectivity index is 2.80. The van der Waals surface area contributed by atoms with Crippen LogP contribution in [0.25, 0.3) is 0 Å². The molecular weight excluding hydrogens is 280 g/mol. The molecule has 0 amide bonds. The van der Waals surface area contributed by atoms with Crippen molar-refractivity contribution in [1.82, 2.24) is 10.0 Å². The lowest BCUT2D eigenvalue weighted by atomic mass is 10.3. The van der Waals surface area contributed by atoms with E-state index >= 15 is 0 Å². The molecule has 0 aliphatic rings. The van der Waals surface area contributed by atoms with Crippen LogP contribution in [0.1, 0.15) is 13.3 Å². The summed E-state index contributed by atoms with van der Waals surface area (Å²) in [5, 5.41) is 3.14. The predicted molar refractivity (Wildman–Crippen MR) is 77.9 cm³/mol. The maximum absolute atomic E-state index is 12.2. The number of nitrogens with one attached hydrogen (secondary N) is 2. The van der Waals surface area contributed by atoms with Gasteiger partial charge in [0, 0.05) is 12.6 Å². The van der Waals surface area contributed by atoms with Gasteiger partial charge >= 0.3 is 0 Å². The summed E-state index contributed by atoms with van der Waals surface area (Å²) in [7, 11) is -0.681. The van der Waals surface area contributed by atoms with E-state index in [-0.39, 0.29) is 4.90 Å². The van der Waals surface area contributed by atoms with E-state index in [2.05, 4.69) is 10.0 Å². The Hall–Kier alpha value is -1.31. The number of ether oxygens (including phenoxy) is 2. The molecule has 0 heterocycles. The van der Waals surface area contributed by atoms with Gasteiger partial charge in [-0.2, -0.15) is 0 Å². The molecule has 0 aliphatic heterocycles. The Morgan fingerprint density at radius 1 is 1.15 bits per heavy atom. The molecule has 114 valence electrons. The molecule has 0 unspecified atom stereocenters. The number of hydrogen-bond acceptors (Lipinski definition) is 5. The molecule has 0 radical (unpaired) electrons. The second-order valence-electron chi connectivity index (χ2n) is 4.12.